The van der Waals surface area contributed by atoms with E-state index in [4.69, 9.17) is 0 Å². The summed E-state index contributed by atoms with van der Waals surface area (Å²) >= 11 is 0. The van der Waals surface area contributed by atoms with E-state index in [9.17, 15) is 0 Å². The van der Waals surface area contributed by atoms with Gasteiger partial charge in [-0.3, -0.25) is 0 Å². The zero-order chi connectivity index (χ0) is 12.6. The van der Waals surface area contributed by atoms with Crippen LogP contribution in [0, 0.1) is 12.3 Å². The monoisotopic (exact) mass is 243 g/mol. The fourth-order valence-electron chi connectivity index (χ4n) is 3.33. The molecule has 0 bridgehead atoms. The largest absolute Gasteiger partial charge is 0.313 e. The lowest BCUT2D eigenvalue weighted by atomic mass is 9.69. The summed E-state index contributed by atoms with van der Waals surface area (Å²) in [5.41, 5.74) is 3.56. The Labute approximate surface area is 111 Å². The molecule has 2 fully saturated rings. The third-order valence-corrected chi connectivity index (χ3v) is 5.03. The third-order valence-electron chi connectivity index (χ3n) is 5.03. The van der Waals surface area contributed by atoms with Crippen molar-refractivity contribution in [2.24, 2.45) is 5.41 Å². The zero-order valence-electron chi connectivity index (χ0n) is 11.7. The van der Waals surface area contributed by atoms with Crippen molar-refractivity contribution < 1.29 is 0 Å². The molecule has 1 N–H and O–H groups in total. The molecule has 0 spiro atoms. The summed E-state index contributed by atoms with van der Waals surface area (Å²) in [7, 11) is 0. The second kappa shape index (κ2) is 4.70. The molecular formula is C17H25N. The van der Waals surface area contributed by atoms with E-state index < -0.39 is 0 Å². The standard InChI is InChI=1S/C17H25N/c1-13-5-3-6-14(9-13)15-10-16(11-15)18-12-17(2)7-4-8-17/h3,5-6,9,15-16,18H,4,7-8,10-12H2,1-2H3. The molecule has 1 heteroatoms. The average molecular weight is 243 g/mol. The molecule has 1 aromatic carbocycles. The number of hydrogen-bond acceptors (Lipinski definition) is 1. The van der Waals surface area contributed by atoms with E-state index >= 15 is 0 Å². The summed E-state index contributed by atoms with van der Waals surface area (Å²) in [6, 6.07) is 9.80. The van der Waals surface area contributed by atoms with E-state index in [1.165, 1.54) is 44.2 Å². The van der Waals surface area contributed by atoms with E-state index in [-0.39, 0.29) is 0 Å². The highest BCUT2D eigenvalue weighted by atomic mass is 14.9. The second-order valence-electron chi connectivity index (χ2n) is 6.82. The Balaban J connectivity index is 1.45. The SMILES string of the molecule is Cc1cccc(C2CC(NCC3(C)CCC3)C2)c1. The summed E-state index contributed by atoms with van der Waals surface area (Å²) in [6.45, 7) is 5.85. The Morgan fingerprint density at radius 3 is 2.67 bits per heavy atom. The Morgan fingerprint density at radius 1 is 1.28 bits per heavy atom. The molecule has 0 saturated heterocycles. The molecule has 0 heterocycles. The first-order chi connectivity index (χ1) is 8.65. The topological polar surface area (TPSA) is 12.0 Å². The first-order valence-corrected chi connectivity index (χ1v) is 7.45. The van der Waals surface area contributed by atoms with Crippen LogP contribution in [0.5, 0.6) is 0 Å². The Kier molecular flexibility index (Phi) is 3.19. The van der Waals surface area contributed by atoms with Crippen LogP contribution in [0.15, 0.2) is 24.3 Å². The Hall–Kier alpha value is -0.820. The van der Waals surface area contributed by atoms with Gasteiger partial charge in [-0.25, -0.2) is 0 Å². The second-order valence-corrected chi connectivity index (χ2v) is 6.82. The highest BCUT2D eigenvalue weighted by Gasteiger charge is 2.35. The minimum Gasteiger partial charge on any atom is -0.313 e. The molecule has 0 atom stereocenters. The third kappa shape index (κ3) is 2.47. The maximum Gasteiger partial charge on any atom is 0.00789 e. The van der Waals surface area contributed by atoms with Crippen LogP contribution in [0.2, 0.25) is 0 Å². The quantitative estimate of drug-likeness (QED) is 0.842. The van der Waals surface area contributed by atoms with Gasteiger partial charge in [-0.2, -0.15) is 0 Å². The molecule has 1 nitrogen and oxygen atoms in total. The molecule has 0 aromatic heterocycles. The molecule has 2 saturated carbocycles. The van der Waals surface area contributed by atoms with Crippen LogP contribution in [0.4, 0.5) is 0 Å². The fourth-order valence-corrected chi connectivity index (χ4v) is 3.33. The van der Waals surface area contributed by atoms with Crippen molar-refractivity contribution in [3.05, 3.63) is 35.4 Å². The lowest BCUT2D eigenvalue weighted by Crippen LogP contribution is -2.46. The van der Waals surface area contributed by atoms with Gasteiger partial charge in [0.25, 0.3) is 0 Å². The lowest BCUT2D eigenvalue weighted by molar-refractivity contribution is 0.137. The predicted octanol–water partition coefficient (Wildman–Crippen LogP) is 4.02. The molecule has 0 unspecified atom stereocenters. The normalized spacial score (nSPS) is 29.4. The van der Waals surface area contributed by atoms with Crippen molar-refractivity contribution in [2.45, 2.75) is 57.9 Å². The molecule has 2 aliphatic carbocycles. The molecule has 98 valence electrons. The molecular weight excluding hydrogens is 218 g/mol. The van der Waals surface area contributed by atoms with Gasteiger partial charge in [-0.15, -0.1) is 0 Å². The Morgan fingerprint density at radius 2 is 2.06 bits per heavy atom. The number of nitrogens with one attached hydrogen (secondary N) is 1. The van der Waals surface area contributed by atoms with E-state index in [0.29, 0.717) is 5.41 Å². The van der Waals surface area contributed by atoms with E-state index in [2.05, 4.69) is 43.4 Å². The summed E-state index contributed by atoms with van der Waals surface area (Å²) < 4.78 is 0. The van der Waals surface area contributed by atoms with Gasteiger partial charge in [0.15, 0.2) is 0 Å². The van der Waals surface area contributed by atoms with Gasteiger partial charge in [0, 0.05) is 12.6 Å². The predicted molar refractivity (Wildman–Crippen MR) is 76.9 cm³/mol. The van der Waals surface area contributed by atoms with Crippen LogP contribution in [-0.2, 0) is 0 Å². The summed E-state index contributed by atoms with van der Waals surface area (Å²) in [4.78, 5) is 0. The minimum atomic E-state index is 0.619. The van der Waals surface area contributed by atoms with Gasteiger partial charge in [-0.05, 0) is 49.5 Å². The van der Waals surface area contributed by atoms with Gasteiger partial charge < -0.3 is 5.32 Å². The fraction of sp³-hybridized carbons (Fsp3) is 0.647. The van der Waals surface area contributed by atoms with Crippen LogP contribution in [0.1, 0.15) is 56.1 Å². The Bertz CT molecular complexity index is 413. The van der Waals surface area contributed by atoms with E-state index in [0.717, 1.165) is 12.0 Å². The van der Waals surface area contributed by atoms with Gasteiger partial charge in [0.1, 0.15) is 0 Å². The highest BCUT2D eigenvalue weighted by Crippen LogP contribution is 2.41. The first-order valence-electron chi connectivity index (χ1n) is 7.45. The van der Waals surface area contributed by atoms with E-state index in [1.807, 2.05) is 0 Å². The molecule has 0 radical (unpaired) electrons. The van der Waals surface area contributed by atoms with Crippen molar-refractivity contribution >= 4 is 0 Å². The number of benzene rings is 1. The van der Waals surface area contributed by atoms with Crippen LogP contribution in [0.25, 0.3) is 0 Å². The van der Waals surface area contributed by atoms with Crippen molar-refractivity contribution in [2.75, 3.05) is 6.54 Å². The van der Waals surface area contributed by atoms with Gasteiger partial charge in [-0.1, -0.05) is 43.2 Å². The molecule has 3 rings (SSSR count). The van der Waals surface area contributed by atoms with Crippen LogP contribution >= 0.6 is 0 Å². The smallest absolute Gasteiger partial charge is 0.00789 e. The zero-order valence-corrected chi connectivity index (χ0v) is 11.7. The molecule has 2 aliphatic rings. The molecule has 0 amide bonds. The molecule has 18 heavy (non-hydrogen) atoms. The van der Waals surface area contributed by atoms with Crippen molar-refractivity contribution in [1.29, 1.82) is 0 Å². The maximum atomic E-state index is 3.78. The summed E-state index contributed by atoms with van der Waals surface area (Å²) in [5.74, 6) is 0.802. The van der Waals surface area contributed by atoms with Crippen LogP contribution in [-0.4, -0.2) is 12.6 Å². The van der Waals surface area contributed by atoms with Gasteiger partial charge in [0.05, 0.1) is 0 Å². The van der Waals surface area contributed by atoms with Gasteiger partial charge >= 0.3 is 0 Å². The maximum absolute atomic E-state index is 3.78. The number of rotatable bonds is 4. The van der Waals surface area contributed by atoms with Crippen molar-refractivity contribution in [3.63, 3.8) is 0 Å². The lowest BCUT2D eigenvalue weighted by Gasteiger charge is -2.43. The number of hydrogen-bond donors (Lipinski definition) is 1. The summed E-state index contributed by atoms with van der Waals surface area (Å²) in [5, 5.41) is 3.78. The van der Waals surface area contributed by atoms with Crippen molar-refractivity contribution in [1.82, 2.24) is 5.32 Å². The van der Waals surface area contributed by atoms with Crippen LogP contribution in [0.3, 0.4) is 0 Å². The van der Waals surface area contributed by atoms with Gasteiger partial charge in [0.2, 0.25) is 0 Å². The minimum absolute atomic E-state index is 0.619. The van der Waals surface area contributed by atoms with Crippen molar-refractivity contribution in [3.8, 4) is 0 Å². The summed E-state index contributed by atoms with van der Waals surface area (Å²) in [6.07, 6.45) is 6.95. The number of aryl methyl sites for hydroxylation is 1. The van der Waals surface area contributed by atoms with E-state index in [1.54, 1.807) is 5.56 Å². The average Bonchev–Trinajstić information content (AvgIpc) is 2.24. The molecule has 1 aromatic rings. The highest BCUT2D eigenvalue weighted by molar-refractivity contribution is 5.27. The van der Waals surface area contributed by atoms with Crippen LogP contribution < -0.4 is 5.32 Å². The molecule has 0 aliphatic heterocycles. The first kappa shape index (κ1) is 12.2.